The first kappa shape index (κ1) is 11.2. The Morgan fingerprint density at radius 3 is 2.24 bits per heavy atom. The fraction of sp³-hybridized carbons (Fsp3) is 0.500. The summed E-state index contributed by atoms with van der Waals surface area (Å²) in [4.78, 5) is 0.354. The van der Waals surface area contributed by atoms with Crippen LogP contribution in [0.2, 0.25) is 0 Å². The normalized spacial score (nSPS) is 35.6. The van der Waals surface area contributed by atoms with E-state index in [0.717, 1.165) is 5.56 Å². The molecular weight excluding hydrogens is 238 g/mol. The van der Waals surface area contributed by atoms with Gasteiger partial charge in [-0.05, 0) is 31.9 Å². The second-order valence-corrected chi connectivity index (χ2v) is 6.75. The van der Waals surface area contributed by atoms with Crippen molar-refractivity contribution in [1.82, 2.24) is 4.31 Å². The van der Waals surface area contributed by atoms with E-state index in [-0.39, 0.29) is 18.2 Å². The minimum absolute atomic E-state index is 0.0244. The van der Waals surface area contributed by atoms with E-state index in [9.17, 15) is 13.5 Å². The van der Waals surface area contributed by atoms with Crippen LogP contribution in [0.5, 0.6) is 0 Å². The minimum atomic E-state index is -3.34. The van der Waals surface area contributed by atoms with E-state index < -0.39 is 10.0 Å². The van der Waals surface area contributed by atoms with Crippen LogP contribution in [0.1, 0.15) is 18.4 Å². The molecule has 0 spiro atoms. The van der Waals surface area contributed by atoms with Crippen molar-refractivity contribution in [2.45, 2.75) is 42.8 Å². The molecule has 5 heteroatoms. The van der Waals surface area contributed by atoms with Gasteiger partial charge in [-0.1, -0.05) is 17.7 Å². The summed E-state index contributed by atoms with van der Waals surface area (Å²) in [5.74, 6) is 0. The molecule has 0 amide bonds. The van der Waals surface area contributed by atoms with Crippen molar-refractivity contribution in [3.05, 3.63) is 29.8 Å². The Morgan fingerprint density at radius 2 is 1.71 bits per heavy atom. The van der Waals surface area contributed by atoms with Gasteiger partial charge in [0.2, 0.25) is 10.0 Å². The number of aliphatic hydroxyl groups is 1. The van der Waals surface area contributed by atoms with E-state index >= 15 is 0 Å². The number of piperidine rings is 1. The Morgan fingerprint density at radius 1 is 1.18 bits per heavy atom. The molecule has 1 aliphatic heterocycles. The fourth-order valence-electron chi connectivity index (χ4n) is 2.67. The molecule has 1 saturated heterocycles. The summed E-state index contributed by atoms with van der Waals surface area (Å²) in [5, 5.41) is 9.40. The van der Waals surface area contributed by atoms with E-state index in [0.29, 0.717) is 17.7 Å². The van der Waals surface area contributed by atoms with Crippen LogP contribution in [0.4, 0.5) is 0 Å². The molecule has 1 aromatic carbocycles. The maximum atomic E-state index is 12.3. The lowest BCUT2D eigenvalue weighted by Crippen LogP contribution is -2.21. The third kappa shape index (κ3) is 1.69. The molecule has 1 N–H and O–H groups in total. The van der Waals surface area contributed by atoms with Crippen molar-refractivity contribution in [3.8, 4) is 0 Å². The van der Waals surface area contributed by atoms with Gasteiger partial charge in [0.15, 0.2) is 0 Å². The molecule has 17 heavy (non-hydrogen) atoms. The highest BCUT2D eigenvalue weighted by molar-refractivity contribution is 7.89. The molecule has 1 saturated carbocycles. The molecule has 1 heterocycles. The van der Waals surface area contributed by atoms with Gasteiger partial charge in [-0.25, -0.2) is 8.42 Å². The average molecular weight is 253 g/mol. The van der Waals surface area contributed by atoms with Gasteiger partial charge in [-0.2, -0.15) is 4.31 Å². The van der Waals surface area contributed by atoms with Crippen LogP contribution in [0.3, 0.4) is 0 Å². The van der Waals surface area contributed by atoms with E-state index in [1.54, 1.807) is 24.3 Å². The van der Waals surface area contributed by atoms with Gasteiger partial charge in [-0.15, -0.1) is 0 Å². The molecule has 0 radical (unpaired) electrons. The first-order valence-electron chi connectivity index (χ1n) is 5.78. The average Bonchev–Trinajstić information content (AvgIpc) is 2.80. The lowest BCUT2D eigenvalue weighted by molar-refractivity contribution is 0.163. The van der Waals surface area contributed by atoms with Crippen LogP contribution >= 0.6 is 0 Å². The smallest absolute Gasteiger partial charge is 0.243 e. The number of rotatable bonds is 2. The topological polar surface area (TPSA) is 57.4 Å². The molecule has 3 rings (SSSR count). The van der Waals surface area contributed by atoms with Crippen LogP contribution in [-0.2, 0) is 10.0 Å². The van der Waals surface area contributed by atoms with Gasteiger partial charge in [0.1, 0.15) is 0 Å². The largest absolute Gasteiger partial charge is 0.393 e. The zero-order valence-corrected chi connectivity index (χ0v) is 10.4. The highest BCUT2D eigenvalue weighted by Crippen LogP contribution is 2.46. The molecule has 4 atom stereocenters. The quantitative estimate of drug-likeness (QED) is 0.796. The predicted molar refractivity (Wildman–Crippen MR) is 63.0 cm³/mol. The Balaban J connectivity index is 1.86. The Hall–Kier alpha value is -0.910. The molecule has 92 valence electrons. The van der Waals surface area contributed by atoms with Crippen LogP contribution in [-0.4, -0.2) is 36.0 Å². The van der Waals surface area contributed by atoms with Crippen molar-refractivity contribution in [2.75, 3.05) is 0 Å². The zero-order valence-electron chi connectivity index (χ0n) is 9.57. The second kappa shape index (κ2) is 3.54. The number of hydrogen-bond acceptors (Lipinski definition) is 3. The number of hydrogen-bond donors (Lipinski definition) is 1. The minimum Gasteiger partial charge on any atom is -0.393 e. The number of aryl methyl sites for hydroxylation is 1. The van der Waals surface area contributed by atoms with Gasteiger partial charge >= 0.3 is 0 Å². The number of fused-ring (bicyclic) bond motifs is 1. The maximum absolute atomic E-state index is 12.3. The molecule has 0 aromatic heterocycles. The first-order valence-corrected chi connectivity index (χ1v) is 7.22. The molecule has 2 unspecified atom stereocenters. The first-order chi connectivity index (χ1) is 8.00. The number of nitrogens with zero attached hydrogens (tertiary/aromatic N) is 1. The van der Waals surface area contributed by atoms with Crippen molar-refractivity contribution in [3.63, 3.8) is 0 Å². The standard InChI is InChI=1S/C12H15NO3S/c1-8-2-4-10(5-3-8)17(15,16)13-11-6-9(14)7-12(11)13/h2-5,9,11-12,14H,6-7H2,1H3/t9?,11-,12+,13?. The van der Waals surface area contributed by atoms with Gasteiger partial charge < -0.3 is 5.11 Å². The van der Waals surface area contributed by atoms with Crippen LogP contribution in [0.15, 0.2) is 29.2 Å². The lowest BCUT2D eigenvalue weighted by Gasteiger charge is -2.12. The summed E-state index contributed by atoms with van der Waals surface area (Å²) in [6, 6.07) is 6.96. The van der Waals surface area contributed by atoms with E-state index in [4.69, 9.17) is 0 Å². The van der Waals surface area contributed by atoms with E-state index in [1.807, 2.05) is 6.92 Å². The number of benzene rings is 1. The van der Waals surface area contributed by atoms with Gasteiger partial charge in [0.05, 0.1) is 11.0 Å². The molecule has 2 aliphatic rings. The van der Waals surface area contributed by atoms with E-state index in [1.165, 1.54) is 4.31 Å². The number of aliphatic hydroxyl groups excluding tert-OH is 1. The van der Waals surface area contributed by atoms with Gasteiger partial charge in [0, 0.05) is 12.1 Å². The fourth-order valence-corrected chi connectivity index (χ4v) is 4.51. The number of sulfonamides is 1. The summed E-state index contributed by atoms with van der Waals surface area (Å²) in [7, 11) is -3.34. The van der Waals surface area contributed by atoms with Crippen LogP contribution in [0.25, 0.3) is 0 Å². The lowest BCUT2D eigenvalue weighted by atomic mass is 10.2. The summed E-state index contributed by atoms with van der Waals surface area (Å²) < 4.78 is 26.1. The van der Waals surface area contributed by atoms with Crippen molar-refractivity contribution in [2.24, 2.45) is 0 Å². The second-order valence-electron chi connectivity index (χ2n) is 4.91. The molecule has 4 nitrogen and oxygen atoms in total. The highest BCUT2D eigenvalue weighted by Gasteiger charge is 2.60. The summed E-state index contributed by atoms with van der Waals surface area (Å²) in [5.41, 5.74) is 1.05. The summed E-state index contributed by atoms with van der Waals surface area (Å²) >= 11 is 0. The Kier molecular flexibility index (Phi) is 2.33. The molecule has 1 aromatic rings. The molecular formula is C12H15NO3S. The summed E-state index contributed by atoms with van der Waals surface area (Å²) in [6.45, 7) is 1.93. The van der Waals surface area contributed by atoms with Crippen molar-refractivity contribution < 1.29 is 13.5 Å². The zero-order chi connectivity index (χ0) is 12.2. The van der Waals surface area contributed by atoms with Crippen LogP contribution in [0, 0.1) is 6.92 Å². The third-order valence-electron chi connectivity index (χ3n) is 3.63. The maximum Gasteiger partial charge on any atom is 0.243 e. The molecule has 0 bridgehead atoms. The predicted octanol–water partition coefficient (Wildman–Crippen LogP) is 0.891. The van der Waals surface area contributed by atoms with E-state index in [2.05, 4.69) is 0 Å². The van der Waals surface area contributed by atoms with Gasteiger partial charge in [0.25, 0.3) is 0 Å². The Bertz CT molecular complexity index is 525. The monoisotopic (exact) mass is 253 g/mol. The SMILES string of the molecule is Cc1ccc(S(=O)(=O)N2[C@@H]3CC(O)C[C@@H]32)cc1. The third-order valence-corrected chi connectivity index (χ3v) is 5.60. The van der Waals surface area contributed by atoms with Crippen LogP contribution < -0.4 is 0 Å². The summed E-state index contributed by atoms with van der Waals surface area (Å²) in [6.07, 6.45) is 0.834. The Labute approximate surface area is 101 Å². The van der Waals surface area contributed by atoms with Gasteiger partial charge in [-0.3, -0.25) is 0 Å². The molecule has 1 aliphatic carbocycles. The highest BCUT2D eigenvalue weighted by atomic mass is 32.2. The molecule has 2 fully saturated rings. The van der Waals surface area contributed by atoms with Crippen molar-refractivity contribution >= 4 is 10.0 Å². The van der Waals surface area contributed by atoms with Crippen molar-refractivity contribution in [1.29, 1.82) is 0 Å².